The molecule has 1 N–H and O–H groups in total. The van der Waals surface area contributed by atoms with Gasteiger partial charge in [0.15, 0.2) is 0 Å². The maximum Gasteiger partial charge on any atom is 0.222 e. The van der Waals surface area contributed by atoms with Crippen LogP contribution in [0, 0.1) is 11.8 Å². The number of likely N-dealkylation sites (tertiary alicyclic amines) is 1. The van der Waals surface area contributed by atoms with Gasteiger partial charge >= 0.3 is 0 Å². The molecule has 0 bridgehead atoms. The Labute approximate surface area is 110 Å². The Balaban J connectivity index is 2.36. The van der Waals surface area contributed by atoms with Crippen molar-refractivity contribution in [3.63, 3.8) is 0 Å². The van der Waals surface area contributed by atoms with Gasteiger partial charge in [-0.3, -0.25) is 4.79 Å². The Morgan fingerprint density at radius 1 is 1.39 bits per heavy atom. The highest BCUT2D eigenvalue weighted by atomic mass is 19.1. The molecule has 1 amide bonds. The van der Waals surface area contributed by atoms with Crippen molar-refractivity contribution >= 4 is 5.91 Å². The molecule has 18 heavy (non-hydrogen) atoms. The van der Waals surface area contributed by atoms with E-state index in [-0.39, 0.29) is 17.9 Å². The Morgan fingerprint density at radius 2 is 2.06 bits per heavy atom. The number of hydrogen-bond donors (Lipinski definition) is 1. The highest BCUT2D eigenvalue weighted by molar-refractivity contribution is 5.78. The van der Waals surface area contributed by atoms with Crippen molar-refractivity contribution in [3.05, 3.63) is 0 Å². The van der Waals surface area contributed by atoms with Crippen LogP contribution in [0.15, 0.2) is 0 Å². The van der Waals surface area contributed by atoms with Crippen LogP contribution in [0.25, 0.3) is 0 Å². The summed E-state index contributed by atoms with van der Waals surface area (Å²) in [6.07, 6.45) is 0.904. The summed E-state index contributed by atoms with van der Waals surface area (Å²) in [5.74, 6) is 0.545. The minimum Gasteiger partial charge on any atom is -0.353 e. The molecule has 0 aromatic heterocycles. The number of hydrogen-bond acceptors (Lipinski definition) is 2. The van der Waals surface area contributed by atoms with Gasteiger partial charge in [0.2, 0.25) is 5.91 Å². The van der Waals surface area contributed by atoms with Gasteiger partial charge in [-0.05, 0) is 18.8 Å². The molecule has 1 aliphatic rings. The smallest absolute Gasteiger partial charge is 0.222 e. The van der Waals surface area contributed by atoms with Gasteiger partial charge in [0.25, 0.3) is 0 Å². The SMILES string of the molecule is CC(C)C(=O)N[C@@H](CCN1CC[C@@H](F)C1)C(C)C. The second-order valence-electron chi connectivity index (χ2n) is 5.99. The van der Waals surface area contributed by atoms with Crippen molar-refractivity contribution in [2.24, 2.45) is 11.8 Å². The number of alkyl halides is 1. The van der Waals surface area contributed by atoms with Gasteiger partial charge in [-0.2, -0.15) is 0 Å². The molecule has 1 saturated heterocycles. The average Bonchev–Trinajstić information content (AvgIpc) is 2.69. The van der Waals surface area contributed by atoms with Crippen LogP contribution in [-0.2, 0) is 4.79 Å². The molecule has 1 fully saturated rings. The molecule has 106 valence electrons. The summed E-state index contributed by atoms with van der Waals surface area (Å²) in [6, 6.07) is 0.193. The van der Waals surface area contributed by atoms with E-state index < -0.39 is 6.17 Å². The summed E-state index contributed by atoms with van der Waals surface area (Å²) >= 11 is 0. The van der Waals surface area contributed by atoms with Crippen LogP contribution in [0.5, 0.6) is 0 Å². The zero-order valence-corrected chi connectivity index (χ0v) is 12.1. The summed E-state index contributed by atoms with van der Waals surface area (Å²) in [5, 5.41) is 3.09. The van der Waals surface area contributed by atoms with Crippen molar-refractivity contribution in [2.75, 3.05) is 19.6 Å². The minimum absolute atomic E-state index is 0.0215. The summed E-state index contributed by atoms with van der Waals surface area (Å²) in [4.78, 5) is 13.9. The molecule has 0 aliphatic carbocycles. The number of carbonyl (C=O) groups is 1. The van der Waals surface area contributed by atoms with Gasteiger partial charge in [-0.25, -0.2) is 4.39 Å². The van der Waals surface area contributed by atoms with Crippen LogP contribution in [0.4, 0.5) is 4.39 Å². The third-order valence-electron chi connectivity index (χ3n) is 3.63. The van der Waals surface area contributed by atoms with Crippen LogP contribution in [0.1, 0.15) is 40.5 Å². The Morgan fingerprint density at radius 3 is 2.50 bits per heavy atom. The lowest BCUT2D eigenvalue weighted by molar-refractivity contribution is -0.125. The first-order chi connectivity index (χ1) is 8.40. The highest BCUT2D eigenvalue weighted by Crippen LogP contribution is 2.15. The molecule has 0 saturated carbocycles. The molecule has 0 unspecified atom stereocenters. The van der Waals surface area contributed by atoms with E-state index in [1.54, 1.807) is 0 Å². The van der Waals surface area contributed by atoms with Crippen LogP contribution in [0.3, 0.4) is 0 Å². The molecule has 0 aromatic rings. The van der Waals surface area contributed by atoms with E-state index in [0.29, 0.717) is 18.9 Å². The molecular formula is C14H27FN2O. The lowest BCUT2D eigenvalue weighted by Crippen LogP contribution is -2.42. The van der Waals surface area contributed by atoms with E-state index in [2.05, 4.69) is 24.1 Å². The number of rotatable bonds is 6. The van der Waals surface area contributed by atoms with Crippen LogP contribution >= 0.6 is 0 Å². The maximum atomic E-state index is 13.1. The maximum absolute atomic E-state index is 13.1. The normalized spacial score (nSPS) is 22.7. The first-order valence-corrected chi connectivity index (χ1v) is 7.07. The highest BCUT2D eigenvalue weighted by Gasteiger charge is 2.24. The third-order valence-corrected chi connectivity index (χ3v) is 3.63. The first-order valence-electron chi connectivity index (χ1n) is 7.07. The van der Waals surface area contributed by atoms with Crippen LogP contribution in [0.2, 0.25) is 0 Å². The van der Waals surface area contributed by atoms with E-state index in [0.717, 1.165) is 19.5 Å². The van der Waals surface area contributed by atoms with E-state index >= 15 is 0 Å². The third kappa shape index (κ3) is 4.92. The molecule has 1 rings (SSSR count). The van der Waals surface area contributed by atoms with Crippen LogP contribution < -0.4 is 5.32 Å². The average molecular weight is 258 g/mol. The van der Waals surface area contributed by atoms with Gasteiger partial charge < -0.3 is 10.2 Å². The second kappa shape index (κ2) is 7.07. The number of carbonyl (C=O) groups excluding carboxylic acids is 1. The molecule has 1 heterocycles. The molecule has 0 spiro atoms. The van der Waals surface area contributed by atoms with E-state index in [9.17, 15) is 9.18 Å². The fraction of sp³-hybridized carbons (Fsp3) is 0.929. The lowest BCUT2D eigenvalue weighted by atomic mass is 9.99. The van der Waals surface area contributed by atoms with Gasteiger partial charge in [-0.1, -0.05) is 27.7 Å². The zero-order valence-electron chi connectivity index (χ0n) is 12.1. The van der Waals surface area contributed by atoms with E-state index in [1.807, 2.05) is 13.8 Å². The number of amides is 1. The first kappa shape index (κ1) is 15.4. The van der Waals surface area contributed by atoms with Gasteiger partial charge in [0.1, 0.15) is 6.17 Å². The van der Waals surface area contributed by atoms with Gasteiger partial charge in [0.05, 0.1) is 0 Å². The van der Waals surface area contributed by atoms with Crippen molar-refractivity contribution in [2.45, 2.75) is 52.8 Å². The van der Waals surface area contributed by atoms with Crippen molar-refractivity contribution < 1.29 is 9.18 Å². The predicted molar refractivity (Wildman–Crippen MR) is 72.2 cm³/mol. The van der Waals surface area contributed by atoms with Crippen molar-refractivity contribution in [3.8, 4) is 0 Å². The fourth-order valence-electron chi connectivity index (χ4n) is 2.23. The topological polar surface area (TPSA) is 32.3 Å². The molecular weight excluding hydrogens is 231 g/mol. The monoisotopic (exact) mass is 258 g/mol. The Kier molecular flexibility index (Phi) is 6.06. The Hall–Kier alpha value is -0.640. The van der Waals surface area contributed by atoms with Gasteiger partial charge in [-0.15, -0.1) is 0 Å². The summed E-state index contributed by atoms with van der Waals surface area (Å²) in [7, 11) is 0. The van der Waals surface area contributed by atoms with Crippen molar-refractivity contribution in [1.82, 2.24) is 10.2 Å². The fourth-order valence-corrected chi connectivity index (χ4v) is 2.23. The molecule has 1 aliphatic heterocycles. The molecule has 4 heteroatoms. The predicted octanol–water partition coefficient (Wildman–Crippen LogP) is 2.22. The molecule has 2 atom stereocenters. The summed E-state index contributed by atoms with van der Waals surface area (Å²) < 4.78 is 13.1. The quantitative estimate of drug-likeness (QED) is 0.792. The summed E-state index contributed by atoms with van der Waals surface area (Å²) in [5.41, 5.74) is 0. The standard InChI is InChI=1S/C14H27FN2O/c1-10(2)13(16-14(18)11(3)4)6-8-17-7-5-12(15)9-17/h10-13H,5-9H2,1-4H3,(H,16,18)/t12-,13+/m1/s1. The second-order valence-corrected chi connectivity index (χ2v) is 5.99. The summed E-state index contributed by atoms with van der Waals surface area (Å²) in [6.45, 7) is 10.3. The lowest BCUT2D eigenvalue weighted by Gasteiger charge is -2.25. The largest absolute Gasteiger partial charge is 0.353 e. The zero-order chi connectivity index (χ0) is 13.7. The molecule has 0 aromatic carbocycles. The van der Waals surface area contributed by atoms with Gasteiger partial charge in [0, 0.05) is 31.6 Å². The van der Waals surface area contributed by atoms with Crippen molar-refractivity contribution in [1.29, 1.82) is 0 Å². The Bertz CT molecular complexity index is 269. The number of nitrogens with zero attached hydrogens (tertiary/aromatic N) is 1. The van der Waals surface area contributed by atoms with E-state index in [1.165, 1.54) is 0 Å². The molecule has 0 radical (unpaired) electrons. The number of halogens is 1. The minimum atomic E-state index is -0.659. The van der Waals surface area contributed by atoms with Crippen LogP contribution in [-0.4, -0.2) is 42.7 Å². The van der Waals surface area contributed by atoms with E-state index in [4.69, 9.17) is 0 Å². The molecule has 3 nitrogen and oxygen atoms in total. The number of nitrogens with one attached hydrogen (secondary N) is 1.